The Labute approximate surface area is 295 Å². The summed E-state index contributed by atoms with van der Waals surface area (Å²) in [5.41, 5.74) is 13.4. The SMILES string of the molecule is CC(C)(C)c1ccc(-n2c3ccccc3c3cc(-c4cc(Br)cc(-c5ccc6c(c5)c5ccccc5n6-c5ccccc5)c4)ccc32)cc1. The first-order valence-electron chi connectivity index (χ1n) is 16.9. The number of benzene rings is 7. The molecule has 0 radical (unpaired) electrons. The Morgan fingerprint density at radius 2 is 0.837 bits per heavy atom. The average Bonchev–Trinajstić information content (AvgIpc) is 3.63. The van der Waals surface area contributed by atoms with Gasteiger partial charge in [0, 0.05) is 37.4 Å². The molecule has 0 saturated carbocycles. The van der Waals surface area contributed by atoms with E-state index >= 15 is 0 Å². The molecule has 0 aliphatic rings. The molecule has 0 spiro atoms. The fourth-order valence-electron chi connectivity index (χ4n) is 7.47. The van der Waals surface area contributed by atoms with E-state index in [4.69, 9.17) is 0 Å². The Morgan fingerprint density at radius 3 is 1.35 bits per heavy atom. The smallest absolute Gasteiger partial charge is 0.0541 e. The zero-order chi connectivity index (χ0) is 33.3. The molecule has 9 aromatic rings. The molecule has 49 heavy (non-hydrogen) atoms. The van der Waals surface area contributed by atoms with Gasteiger partial charge >= 0.3 is 0 Å². The second-order valence-corrected chi connectivity index (χ2v) is 14.9. The van der Waals surface area contributed by atoms with Crippen LogP contribution < -0.4 is 0 Å². The van der Waals surface area contributed by atoms with Crippen LogP contribution in [-0.4, -0.2) is 9.13 Å². The zero-order valence-electron chi connectivity index (χ0n) is 27.8. The molecule has 2 nitrogen and oxygen atoms in total. The highest BCUT2D eigenvalue weighted by Gasteiger charge is 2.17. The van der Waals surface area contributed by atoms with Gasteiger partial charge in [0.05, 0.1) is 22.1 Å². The lowest BCUT2D eigenvalue weighted by Crippen LogP contribution is -2.10. The molecule has 0 aliphatic heterocycles. The summed E-state index contributed by atoms with van der Waals surface area (Å²) in [6, 6.07) is 57.7. The standard InChI is InChI=1S/C46H35BrN2/c1-46(2,3)34-19-21-37(22-20-34)49-43-16-10-8-14-39(43)41-29-31(18-24-45(41)49)33-25-32(26-35(47)27-33)30-17-23-44-40(28-30)38-13-7-9-15-42(38)48(44)36-11-5-4-6-12-36/h4-29H,1-3H3. The molecule has 0 N–H and O–H groups in total. The van der Waals surface area contributed by atoms with E-state index < -0.39 is 0 Å². The van der Waals surface area contributed by atoms with Crippen molar-refractivity contribution in [2.45, 2.75) is 26.2 Å². The van der Waals surface area contributed by atoms with Crippen molar-refractivity contribution in [1.82, 2.24) is 9.13 Å². The van der Waals surface area contributed by atoms with Crippen molar-refractivity contribution < 1.29 is 0 Å². The molecule has 7 aromatic carbocycles. The van der Waals surface area contributed by atoms with E-state index in [1.165, 1.54) is 82.8 Å². The van der Waals surface area contributed by atoms with Gasteiger partial charge in [-0.2, -0.15) is 0 Å². The molecule has 2 aromatic heterocycles. The number of rotatable bonds is 4. The maximum atomic E-state index is 3.87. The molecular formula is C46H35BrN2. The van der Waals surface area contributed by atoms with E-state index in [0.29, 0.717) is 0 Å². The highest BCUT2D eigenvalue weighted by molar-refractivity contribution is 9.10. The first kappa shape index (κ1) is 29.7. The molecule has 0 saturated heterocycles. The summed E-state index contributed by atoms with van der Waals surface area (Å²) in [6.07, 6.45) is 0. The van der Waals surface area contributed by atoms with Crippen LogP contribution in [0, 0.1) is 0 Å². The van der Waals surface area contributed by atoms with Crippen LogP contribution >= 0.6 is 15.9 Å². The lowest BCUT2D eigenvalue weighted by atomic mass is 9.87. The Bertz CT molecular complexity index is 2690. The van der Waals surface area contributed by atoms with Crippen molar-refractivity contribution in [3.8, 4) is 33.6 Å². The molecule has 0 fully saturated rings. The van der Waals surface area contributed by atoms with Gasteiger partial charge in [-0.1, -0.05) is 116 Å². The summed E-state index contributed by atoms with van der Waals surface area (Å²) in [5, 5.41) is 5.02. The topological polar surface area (TPSA) is 9.86 Å². The van der Waals surface area contributed by atoms with Gasteiger partial charge in [0.1, 0.15) is 0 Å². The zero-order valence-corrected chi connectivity index (χ0v) is 29.4. The summed E-state index contributed by atoms with van der Waals surface area (Å²) in [5.74, 6) is 0. The molecule has 3 heteroatoms. The van der Waals surface area contributed by atoms with Crippen LogP contribution in [0.25, 0.3) is 77.2 Å². The third-order valence-corrected chi connectivity index (χ3v) is 10.4. The van der Waals surface area contributed by atoms with Crippen LogP contribution in [0.5, 0.6) is 0 Å². The number of hydrogen-bond donors (Lipinski definition) is 0. The van der Waals surface area contributed by atoms with Gasteiger partial charge in [-0.05, 0) is 112 Å². The maximum absolute atomic E-state index is 3.87. The number of nitrogens with zero attached hydrogens (tertiary/aromatic N) is 2. The minimum Gasteiger partial charge on any atom is -0.309 e. The summed E-state index contributed by atoms with van der Waals surface area (Å²) in [4.78, 5) is 0. The molecular weight excluding hydrogens is 660 g/mol. The third kappa shape index (κ3) is 5.00. The molecule has 2 heterocycles. The fraction of sp³-hybridized carbons (Fsp3) is 0.0870. The van der Waals surface area contributed by atoms with Crippen molar-refractivity contribution in [1.29, 1.82) is 0 Å². The fourth-order valence-corrected chi connectivity index (χ4v) is 7.97. The van der Waals surface area contributed by atoms with Gasteiger partial charge in [0.25, 0.3) is 0 Å². The van der Waals surface area contributed by atoms with Crippen molar-refractivity contribution in [3.05, 3.63) is 168 Å². The lowest BCUT2D eigenvalue weighted by molar-refractivity contribution is 0.590. The maximum Gasteiger partial charge on any atom is 0.0541 e. The third-order valence-electron chi connectivity index (χ3n) is 9.92. The molecule has 0 amide bonds. The van der Waals surface area contributed by atoms with Crippen molar-refractivity contribution in [2.24, 2.45) is 0 Å². The normalized spacial score (nSPS) is 12.1. The number of aromatic nitrogens is 2. The Balaban J connectivity index is 1.17. The Morgan fingerprint density at radius 1 is 0.388 bits per heavy atom. The molecule has 9 rings (SSSR count). The molecule has 0 bridgehead atoms. The van der Waals surface area contributed by atoms with Gasteiger partial charge in [-0.25, -0.2) is 0 Å². The minimum absolute atomic E-state index is 0.115. The minimum atomic E-state index is 0.115. The first-order valence-corrected chi connectivity index (χ1v) is 17.7. The Hall–Kier alpha value is -5.38. The second-order valence-electron chi connectivity index (χ2n) is 14.0. The molecule has 0 atom stereocenters. The lowest BCUT2D eigenvalue weighted by Gasteiger charge is -2.19. The number of fused-ring (bicyclic) bond motifs is 6. The van der Waals surface area contributed by atoms with Gasteiger partial charge in [0.2, 0.25) is 0 Å². The number of halogens is 1. The van der Waals surface area contributed by atoms with Crippen LogP contribution in [0.15, 0.2) is 162 Å². The highest BCUT2D eigenvalue weighted by atomic mass is 79.9. The van der Waals surface area contributed by atoms with Gasteiger partial charge < -0.3 is 9.13 Å². The van der Waals surface area contributed by atoms with E-state index in [9.17, 15) is 0 Å². The van der Waals surface area contributed by atoms with Crippen LogP contribution in [0.4, 0.5) is 0 Å². The van der Waals surface area contributed by atoms with Crippen LogP contribution in [0.3, 0.4) is 0 Å². The summed E-state index contributed by atoms with van der Waals surface area (Å²) in [7, 11) is 0. The van der Waals surface area contributed by atoms with Gasteiger partial charge in [-0.15, -0.1) is 0 Å². The summed E-state index contributed by atoms with van der Waals surface area (Å²) < 4.78 is 5.83. The first-order chi connectivity index (χ1) is 23.8. The van der Waals surface area contributed by atoms with E-state index in [0.717, 1.165) is 4.47 Å². The van der Waals surface area contributed by atoms with E-state index in [1.807, 2.05) is 0 Å². The summed E-state index contributed by atoms with van der Waals surface area (Å²) in [6.45, 7) is 6.79. The van der Waals surface area contributed by atoms with E-state index in [1.54, 1.807) is 0 Å². The van der Waals surface area contributed by atoms with Crippen molar-refractivity contribution in [2.75, 3.05) is 0 Å². The number of hydrogen-bond acceptors (Lipinski definition) is 0. The monoisotopic (exact) mass is 694 g/mol. The largest absolute Gasteiger partial charge is 0.309 e. The average molecular weight is 696 g/mol. The molecule has 0 unspecified atom stereocenters. The highest BCUT2D eigenvalue weighted by Crippen LogP contribution is 2.39. The van der Waals surface area contributed by atoms with Gasteiger partial charge in [0.15, 0.2) is 0 Å². The molecule has 0 aliphatic carbocycles. The summed E-state index contributed by atoms with van der Waals surface area (Å²) >= 11 is 3.87. The predicted octanol–water partition coefficient (Wildman–Crippen LogP) is 13.3. The predicted molar refractivity (Wildman–Crippen MR) is 212 cm³/mol. The van der Waals surface area contributed by atoms with Crippen LogP contribution in [0.2, 0.25) is 0 Å². The Kier molecular flexibility index (Phi) is 6.89. The van der Waals surface area contributed by atoms with Crippen molar-refractivity contribution >= 4 is 59.5 Å². The van der Waals surface area contributed by atoms with Crippen molar-refractivity contribution in [3.63, 3.8) is 0 Å². The number of para-hydroxylation sites is 3. The van der Waals surface area contributed by atoms with E-state index in [-0.39, 0.29) is 5.41 Å². The second kappa shape index (κ2) is 11.4. The molecule has 236 valence electrons. The quantitative estimate of drug-likeness (QED) is 0.173. The van der Waals surface area contributed by atoms with E-state index in [2.05, 4.69) is 204 Å². The van der Waals surface area contributed by atoms with Crippen LogP contribution in [0.1, 0.15) is 26.3 Å². The van der Waals surface area contributed by atoms with Gasteiger partial charge in [-0.3, -0.25) is 0 Å². The van der Waals surface area contributed by atoms with Crippen LogP contribution in [-0.2, 0) is 5.41 Å².